The fraction of sp³-hybridized carbons (Fsp3) is 0.400. The molecule has 1 aromatic heterocycles. The zero-order valence-corrected chi connectivity index (χ0v) is 10.7. The number of hydrogen-bond donors (Lipinski definition) is 1. The van der Waals surface area contributed by atoms with Crippen LogP contribution in [-0.2, 0) is 13.0 Å². The van der Waals surface area contributed by atoms with Crippen molar-refractivity contribution in [2.45, 2.75) is 33.8 Å². The number of pyridine rings is 1. The van der Waals surface area contributed by atoms with Gasteiger partial charge in [-0.15, -0.1) is 0 Å². The fourth-order valence-electron chi connectivity index (χ4n) is 1.96. The van der Waals surface area contributed by atoms with Gasteiger partial charge in [-0.25, -0.2) is 0 Å². The predicted molar refractivity (Wildman–Crippen MR) is 70.8 cm³/mol. The minimum Gasteiger partial charge on any atom is -0.392 e. The van der Waals surface area contributed by atoms with Gasteiger partial charge in [0.1, 0.15) is 0 Å². The highest BCUT2D eigenvalue weighted by Gasteiger charge is 2.12. The third-order valence-electron chi connectivity index (χ3n) is 2.71. The number of benzene rings is 1. The van der Waals surface area contributed by atoms with Crippen molar-refractivity contribution in [3.8, 4) is 0 Å². The summed E-state index contributed by atoms with van der Waals surface area (Å²) < 4.78 is 0. The van der Waals surface area contributed by atoms with E-state index in [4.69, 9.17) is 5.11 Å². The molecular weight excluding hydrogens is 210 g/mol. The molecule has 0 aliphatic heterocycles. The highest BCUT2D eigenvalue weighted by molar-refractivity contribution is 5.79. The van der Waals surface area contributed by atoms with Crippen LogP contribution >= 0.6 is 0 Å². The maximum absolute atomic E-state index is 9.08. The molecule has 0 fully saturated rings. The van der Waals surface area contributed by atoms with Gasteiger partial charge in [-0.05, 0) is 35.6 Å². The van der Waals surface area contributed by atoms with Gasteiger partial charge < -0.3 is 5.11 Å². The van der Waals surface area contributed by atoms with Crippen LogP contribution < -0.4 is 0 Å². The number of rotatable bonds is 2. The van der Waals surface area contributed by atoms with E-state index in [2.05, 4.69) is 37.9 Å². The molecule has 2 rings (SSSR count). The summed E-state index contributed by atoms with van der Waals surface area (Å²) in [6, 6.07) is 10.1. The molecule has 1 heterocycles. The summed E-state index contributed by atoms with van der Waals surface area (Å²) in [5, 5.41) is 10.2. The fourth-order valence-corrected chi connectivity index (χ4v) is 1.96. The van der Waals surface area contributed by atoms with Crippen molar-refractivity contribution >= 4 is 10.9 Å². The number of fused-ring (bicyclic) bond motifs is 1. The Kier molecular flexibility index (Phi) is 3.16. The number of aliphatic hydroxyl groups excluding tert-OH is 1. The van der Waals surface area contributed by atoms with E-state index in [1.54, 1.807) is 0 Å². The number of hydrogen-bond acceptors (Lipinski definition) is 2. The smallest absolute Gasteiger partial charge is 0.0705 e. The van der Waals surface area contributed by atoms with Crippen LogP contribution in [0.4, 0.5) is 0 Å². The average molecular weight is 229 g/mol. The Hall–Kier alpha value is -1.41. The Morgan fingerprint density at radius 2 is 1.88 bits per heavy atom. The highest BCUT2D eigenvalue weighted by atomic mass is 16.3. The van der Waals surface area contributed by atoms with E-state index in [1.165, 1.54) is 0 Å². The van der Waals surface area contributed by atoms with E-state index in [9.17, 15) is 0 Å². The quantitative estimate of drug-likeness (QED) is 0.857. The van der Waals surface area contributed by atoms with E-state index < -0.39 is 0 Å². The van der Waals surface area contributed by atoms with Crippen molar-refractivity contribution in [3.63, 3.8) is 0 Å². The lowest BCUT2D eigenvalue weighted by molar-refractivity contribution is 0.282. The minimum atomic E-state index is 0.0830. The summed E-state index contributed by atoms with van der Waals surface area (Å²) >= 11 is 0. The van der Waals surface area contributed by atoms with Crippen LogP contribution in [-0.4, -0.2) is 10.1 Å². The molecule has 0 atom stereocenters. The molecule has 17 heavy (non-hydrogen) atoms. The molecule has 0 radical (unpaired) electrons. The second-order valence-electron chi connectivity index (χ2n) is 5.73. The van der Waals surface area contributed by atoms with Crippen LogP contribution in [0.5, 0.6) is 0 Å². The van der Waals surface area contributed by atoms with Crippen molar-refractivity contribution in [2.24, 2.45) is 5.41 Å². The van der Waals surface area contributed by atoms with Gasteiger partial charge in [-0.2, -0.15) is 0 Å². The lowest BCUT2D eigenvalue weighted by atomic mass is 9.90. The standard InChI is InChI=1S/C15H19NO/c1-15(2,3)9-13-6-5-12-8-11(10-17)4-7-14(12)16-13/h4-8,17H,9-10H2,1-3H3. The van der Waals surface area contributed by atoms with E-state index in [1.807, 2.05) is 18.2 Å². The predicted octanol–water partition coefficient (Wildman–Crippen LogP) is 3.32. The van der Waals surface area contributed by atoms with Gasteiger partial charge in [-0.1, -0.05) is 32.9 Å². The molecule has 1 N–H and O–H groups in total. The van der Waals surface area contributed by atoms with E-state index in [-0.39, 0.29) is 12.0 Å². The Labute approximate surface area is 102 Å². The van der Waals surface area contributed by atoms with Crippen molar-refractivity contribution in [2.75, 3.05) is 0 Å². The summed E-state index contributed by atoms with van der Waals surface area (Å²) in [5.74, 6) is 0. The van der Waals surface area contributed by atoms with Crippen LogP contribution in [0, 0.1) is 5.41 Å². The van der Waals surface area contributed by atoms with Gasteiger partial charge in [0.2, 0.25) is 0 Å². The maximum Gasteiger partial charge on any atom is 0.0705 e. The van der Waals surface area contributed by atoms with Crippen LogP contribution in [0.1, 0.15) is 32.0 Å². The van der Waals surface area contributed by atoms with Crippen LogP contribution in [0.2, 0.25) is 0 Å². The molecule has 0 unspecified atom stereocenters. The molecule has 2 heteroatoms. The van der Waals surface area contributed by atoms with E-state index in [0.29, 0.717) is 0 Å². The Morgan fingerprint density at radius 1 is 1.12 bits per heavy atom. The minimum absolute atomic E-state index is 0.0830. The van der Waals surface area contributed by atoms with Gasteiger partial charge in [0.05, 0.1) is 12.1 Å². The molecular formula is C15H19NO. The van der Waals surface area contributed by atoms with Crippen molar-refractivity contribution in [3.05, 3.63) is 41.6 Å². The van der Waals surface area contributed by atoms with Crippen LogP contribution in [0.15, 0.2) is 30.3 Å². The second-order valence-corrected chi connectivity index (χ2v) is 5.73. The summed E-state index contributed by atoms with van der Waals surface area (Å²) in [5.41, 5.74) is 3.32. The summed E-state index contributed by atoms with van der Waals surface area (Å²) in [6.45, 7) is 6.73. The molecule has 90 valence electrons. The van der Waals surface area contributed by atoms with Crippen molar-refractivity contribution < 1.29 is 5.11 Å². The van der Waals surface area contributed by atoms with E-state index >= 15 is 0 Å². The molecule has 0 spiro atoms. The molecule has 2 nitrogen and oxygen atoms in total. The second kappa shape index (κ2) is 4.46. The topological polar surface area (TPSA) is 33.1 Å². The first kappa shape index (κ1) is 12.1. The SMILES string of the molecule is CC(C)(C)Cc1ccc2cc(CO)ccc2n1. The monoisotopic (exact) mass is 229 g/mol. The lowest BCUT2D eigenvalue weighted by Gasteiger charge is -2.17. The normalized spacial score (nSPS) is 12.0. The molecule has 0 amide bonds. The van der Waals surface area contributed by atoms with Gasteiger partial charge in [-0.3, -0.25) is 4.98 Å². The maximum atomic E-state index is 9.08. The third-order valence-corrected chi connectivity index (χ3v) is 2.71. The lowest BCUT2D eigenvalue weighted by Crippen LogP contribution is -2.10. The van der Waals surface area contributed by atoms with Gasteiger partial charge in [0, 0.05) is 11.1 Å². The molecule has 0 aliphatic carbocycles. The first-order valence-corrected chi connectivity index (χ1v) is 5.97. The Bertz CT molecular complexity index is 526. The molecule has 1 aromatic carbocycles. The Balaban J connectivity index is 2.38. The highest BCUT2D eigenvalue weighted by Crippen LogP contribution is 2.21. The first-order chi connectivity index (χ1) is 7.98. The van der Waals surface area contributed by atoms with Gasteiger partial charge in [0.25, 0.3) is 0 Å². The summed E-state index contributed by atoms with van der Waals surface area (Å²) in [4.78, 5) is 4.65. The first-order valence-electron chi connectivity index (χ1n) is 5.97. The van der Waals surface area contributed by atoms with Crippen molar-refractivity contribution in [1.82, 2.24) is 4.98 Å². The third kappa shape index (κ3) is 3.04. The summed E-state index contributed by atoms with van der Waals surface area (Å²) in [6.07, 6.45) is 0.977. The number of nitrogens with zero attached hydrogens (tertiary/aromatic N) is 1. The molecule has 0 aliphatic rings. The average Bonchev–Trinajstić information content (AvgIpc) is 2.26. The largest absolute Gasteiger partial charge is 0.392 e. The van der Waals surface area contributed by atoms with E-state index in [0.717, 1.165) is 28.6 Å². The van der Waals surface area contributed by atoms with Crippen LogP contribution in [0.25, 0.3) is 10.9 Å². The number of aromatic nitrogens is 1. The number of aliphatic hydroxyl groups is 1. The summed E-state index contributed by atoms with van der Waals surface area (Å²) in [7, 11) is 0. The van der Waals surface area contributed by atoms with Crippen molar-refractivity contribution in [1.29, 1.82) is 0 Å². The molecule has 0 bridgehead atoms. The van der Waals surface area contributed by atoms with Gasteiger partial charge in [0.15, 0.2) is 0 Å². The molecule has 0 saturated heterocycles. The molecule has 0 saturated carbocycles. The van der Waals surface area contributed by atoms with Crippen LogP contribution in [0.3, 0.4) is 0 Å². The zero-order chi connectivity index (χ0) is 12.5. The Morgan fingerprint density at radius 3 is 2.53 bits per heavy atom. The molecule has 2 aromatic rings. The van der Waals surface area contributed by atoms with Gasteiger partial charge >= 0.3 is 0 Å². The zero-order valence-electron chi connectivity index (χ0n) is 10.7.